The number of thioether (sulfide) groups is 1. The molecule has 132 valence electrons. The Morgan fingerprint density at radius 2 is 2.00 bits per heavy atom. The molecule has 5 nitrogen and oxygen atoms in total. The van der Waals surface area contributed by atoms with Gasteiger partial charge < -0.3 is 9.47 Å². The van der Waals surface area contributed by atoms with E-state index in [0.29, 0.717) is 18.8 Å². The number of fused-ring (bicyclic) bond motifs is 1. The van der Waals surface area contributed by atoms with Crippen molar-refractivity contribution < 1.29 is 14.3 Å². The maximum Gasteiger partial charge on any atom is 0.252 e. The van der Waals surface area contributed by atoms with Gasteiger partial charge in [-0.25, -0.2) is 0 Å². The minimum Gasteiger partial charge on any atom is -0.454 e. The van der Waals surface area contributed by atoms with Crippen molar-refractivity contribution in [2.75, 3.05) is 19.1 Å². The topological polar surface area (TPSA) is 51.1 Å². The van der Waals surface area contributed by atoms with E-state index in [-0.39, 0.29) is 12.7 Å². The maximum absolute atomic E-state index is 12.6. The predicted molar refractivity (Wildman–Crippen MR) is 103 cm³/mol. The van der Waals surface area contributed by atoms with Gasteiger partial charge >= 0.3 is 0 Å². The van der Waals surface area contributed by atoms with E-state index in [2.05, 4.69) is 4.99 Å². The predicted octanol–water partition coefficient (Wildman–Crippen LogP) is 3.56. The molecule has 2 aromatic rings. The number of ether oxygens (including phenoxy) is 2. The SMILES string of the molecule is O=C(/C=C/c1ccc2c(c1)OCO2)N1CCSC1=NCc1ccccc1. The lowest BCUT2D eigenvalue weighted by molar-refractivity contribution is -0.121. The van der Waals surface area contributed by atoms with E-state index >= 15 is 0 Å². The van der Waals surface area contributed by atoms with Crippen LogP contribution in [0, 0.1) is 0 Å². The van der Waals surface area contributed by atoms with Crippen molar-refractivity contribution in [1.82, 2.24) is 4.90 Å². The van der Waals surface area contributed by atoms with Crippen LogP contribution < -0.4 is 9.47 Å². The van der Waals surface area contributed by atoms with Crippen LogP contribution >= 0.6 is 11.8 Å². The molecule has 1 fully saturated rings. The van der Waals surface area contributed by atoms with Crippen LogP contribution in [0.1, 0.15) is 11.1 Å². The van der Waals surface area contributed by atoms with E-state index in [1.807, 2.05) is 48.5 Å². The van der Waals surface area contributed by atoms with Gasteiger partial charge in [0.05, 0.1) is 6.54 Å². The summed E-state index contributed by atoms with van der Waals surface area (Å²) >= 11 is 1.62. The molecule has 0 aliphatic carbocycles. The molecule has 0 unspecified atom stereocenters. The fraction of sp³-hybridized carbons (Fsp3) is 0.200. The molecule has 4 rings (SSSR count). The minimum absolute atomic E-state index is 0.0560. The number of benzene rings is 2. The Hall–Kier alpha value is -2.73. The van der Waals surface area contributed by atoms with Gasteiger partial charge in [-0.05, 0) is 29.3 Å². The third-order valence-corrected chi connectivity index (χ3v) is 5.09. The zero-order valence-corrected chi connectivity index (χ0v) is 14.9. The molecule has 0 spiro atoms. The molecule has 1 amide bonds. The van der Waals surface area contributed by atoms with Crippen molar-refractivity contribution >= 4 is 28.9 Å². The molecule has 0 saturated carbocycles. The summed E-state index contributed by atoms with van der Waals surface area (Å²) in [5.74, 6) is 2.26. The molecule has 0 N–H and O–H groups in total. The quantitative estimate of drug-likeness (QED) is 0.777. The number of hydrogen-bond donors (Lipinski definition) is 0. The number of hydrogen-bond acceptors (Lipinski definition) is 5. The number of carbonyl (C=O) groups is 1. The van der Waals surface area contributed by atoms with Crippen molar-refractivity contribution in [2.24, 2.45) is 4.99 Å². The molecular weight excluding hydrogens is 348 g/mol. The highest BCUT2D eigenvalue weighted by Gasteiger charge is 2.23. The van der Waals surface area contributed by atoms with Crippen LogP contribution in [-0.4, -0.2) is 35.1 Å². The van der Waals surface area contributed by atoms with Crippen LogP contribution in [-0.2, 0) is 11.3 Å². The lowest BCUT2D eigenvalue weighted by Gasteiger charge is -2.13. The zero-order chi connectivity index (χ0) is 17.8. The Morgan fingerprint density at radius 3 is 2.88 bits per heavy atom. The number of nitrogens with zero attached hydrogens (tertiary/aromatic N) is 2. The van der Waals surface area contributed by atoms with Crippen molar-refractivity contribution in [3.63, 3.8) is 0 Å². The summed E-state index contributed by atoms with van der Waals surface area (Å²) in [6, 6.07) is 15.7. The fourth-order valence-electron chi connectivity index (χ4n) is 2.75. The summed E-state index contributed by atoms with van der Waals surface area (Å²) in [6.07, 6.45) is 3.38. The third-order valence-electron chi connectivity index (χ3n) is 4.10. The van der Waals surface area contributed by atoms with Crippen molar-refractivity contribution in [3.05, 3.63) is 65.7 Å². The van der Waals surface area contributed by atoms with Gasteiger partial charge in [0.25, 0.3) is 5.91 Å². The van der Waals surface area contributed by atoms with Gasteiger partial charge in [-0.3, -0.25) is 14.7 Å². The first-order valence-corrected chi connectivity index (χ1v) is 9.38. The minimum atomic E-state index is -0.0560. The second-order valence-electron chi connectivity index (χ2n) is 5.87. The van der Waals surface area contributed by atoms with Gasteiger partial charge in [0.2, 0.25) is 6.79 Å². The van der Waals surface area contributed by atoms with Crippen LogP contribution in [0.15, 0.2) is 59.6 Å². The Morgan fingerprint density at radius 1 is 1.15 bits per heavy atom. The molecule has 26 heavy (non-hydrogen) atoms. The Balaban J connectivity index is 1.43. The van der Waals surface area contributed by atoms with Gasteiger partial charge in [-0.15, -0.1) is 0 Å². The monoisotopic (exact) mass is 366 g/mol. The molecule has 0 radical (unpaired) electrons. The highest BCUT2D eigenvalue weighted by atomic mass is 32.2. The van der Waals surface area contributed by atoms with Crippen molar-refractivity contribution in [3.8, 4) is 11.5 Å². The number of aliphatic imine (C=N–C) groups is 1. The summed E-state index contributed by atoms with van der Waals surface area (Å²) < 4.78 is 10.7. The van der Waals surface area contributed by atoms with Crippen LogP contribution in [0.25, 0.3) is 6.08 Å². The first kappa shape index (κ1) is 16.7. The van der Waals surface area contributed by atoms with E-state index in [1.54, 1.807) is 28.8 Å². The van der Waals surface area contributed by atoms with Gasteiger partial charge in [-0.1, -0.05) is 48.2 Å². The van der Waals surface area contributed by atoms with Crippen molar-refractivity contribution in [1.29, 1.82) is 0 Å². The van der Waals surface area contributed by atoms with Gasteiger partial charge in [-0.2, -0.15) is 0 Å². The van der Waals surface area contributed by atoms with E-state index in [0.717, 1.165) is 27.8 Å². The average Bonchev–Trinajstić information content (AvgIpc) is 3.34. The maximum atomic E-state index is 12.6. The summed E-state index contributed by atoms with van der Waals surface area (Å²) in [7, 11) is 0. The second kappa shape index (κ2) is 7.66. The number of carbonyl (C=O) groups excluding carboxylic acids is 1. The van der Waals surface area contributed by atoms with Crippen LogP contribution in [0.5, 0.6) is 11.5 Å². The molecule has 2 aliphatic rings. The molecular formula is C20H18N2O3S. The van der Waals surface area contributed by atoms with E-state index in [4.69, 9.17) is 9.47 Å². The smallest absolute Gasteiger partial charge is 0.252 e. The Labute approximate surface area is 156 Å². The van der Waals surface area contributed by atoms with E-state index in [1.165, 1.54) is 0 Å². The zero-order valence-electron chi connectivity index (χ0n) is 14.1. The average molecular weight is 366 g/mol. The van der Waals surface area contributed by atoms with Crippen LogP contribution in [0.4, 0.5) is 0 Å². The van der Waals surface area contributed by atoms with E-state index < -0.39 is 0 Å². The van der Waals surface area contributed by atoms with Gasteiger partial charge in [0, 0.05) is 18.4 Å². The second-order valence-corrected chi connectivity index (χ2v) is 6.93. The van der Waals surface area contributed by atoms with Gasteiger partial charge in [0.15, 0.2) is 16.7 Å². The molecule has 2 aliphatic heterocycles. The van der Waals surface area contributed by atoms with Gasteiger partial charge in [0.1, 0.15) is 0 Å². The molecule has 2 heterocycles. The normalized spacial score (nSPS) is 17.4. The highest BCUT2D eigenvalue weighted by molar-refractivity contribution is 8.14. The lowest BCUT2D eigenvalue weighted by atomic mass is 10.2. The van der Waals surface area contributed by atoms with Crippen molar-refractivity contribution in [2.45, 2.75) is 6.54 Å². The van der Waals surface area contributed by atoms with Crippen LogP contribution in [0.3, 0.4) is 0 Å². The summed E-state index contributed by atoms with van der Waals surface area (Å²) in [6.45, 7) is 1.51. The molecule has 0 aromatic heterocycles. The fourth-order valence-corrected chi connectivity index (χ4v) is 3.70. The first-order valence-electron chi connectivity index (χ1n) is 8.40. The first-order chi connectivity index (χ1) is 12.8. The lowest BCUT2D eigenvalue weighted by Crippen LogP contribution is -2.30. The Kier molecular flexibility index (Phi) is 4.93. The summed E-state index contributed by atoms with van der Waals surface area (Å²) in [5.41, 5.74) is 2.04. The third kappa shape index (κ3) is 3.75. The molecule has 6 heteroatoms. The molecule has 0 bridgehead atoms. The number of rotatable bonds is 4. The number of amidine groups is 1. The largest absolute Gasteiger partial charge is 0.454 e. The molecule has 0 atom stereocenters. The Bertz CT molecular complexity index is 865. The number of amides is 1. The molecule has 2 aromatic carbocycles. The molecule has 1 saturated heterocycles. The summed E-state index contributed by atoms with van der Waals surface area (Å²) in [5, 5.41) is 0.786. The summed E-state index contributed by atoms with van der Waals surface area (Å²) in [4.78, 5) is 18.9. The standard InChI is InChI=1S/C20H18N2O3S/c23-19(9-7-15-6-8-17-18(12-15)25-14-24-17)22-10-11-26-20(22)21-13-16-4-2-1-3-5-16/h1-9,12H,10-11,13-14H2/b9-7+,21-20?. The highest BCUT2D eigenvalue weighted by Crippen LogP contribution is 2.32. The van der Waals surface area contributed by atoms with E-state index in [9.17, 15) is 4.79 Å². The van der Waals surface area contributed by atoms with Crippen LogP contribution in [0.2, 0.25) is 0 Å².